The van der Waals surface area contributed by atoms with E-state index in [1.807, 2.05) is 35.4 Å². The Balaban J connectivity index is 1.66. The van der Waals surface area contributed by atoms with Crippen molar-refractivity contribution >= 4 is 28.6 Å². The van der Waals surface area contributed by atoms with Gasteiger partial charge in [0.05, 0.1) is 10.6 Å². The molecular weight excluding hydrogens is 362 g/mol. The summed E-state index contributed by atoms with van der Waals surface area (Å²) in [7, 11) is 0. The molecule has 0 aromatic carbocycles. The lowest BCUT2D eigenvalue weighted by Crippen LogP contribution is -2.40. The topological polar surface area (TPSA) is 85.8 Å². The Kier molecular flexibility index (Phi) is 4.83. The molecule has 7 nitrogen and oxygen atoms in total. The Bertz CT molecular complexity index is 890. The van der Waals surface area contributed by atoms with Gasteiger partial charge < -0.3 is 5.32 Å². The van der Waals surface area contributed by atoms with Crippen LogP contribution in [0.4, 0.5) is 4.79 Å². The minimum atomic E-state index is -0.363. The van der Waals surface area contributed by atoms with Crippen LogP contribution in [0.5, 0.6) is 0 Å². The molecule has 3 heterocycles. The van der Waals surface area contributed by atoms with Crippen molar-refractivity contribution in [3.63, 3.8) is 0 Å². The predicted molar refractivity (Wildman–Crippen MR) is 106 cm³/mol. The van der Waals surface area contributed by atoms with E-state index in [1.165, 1.54) is 0 Å². The maximum Gasteiger partial charge on any atom is 0.290 e. The molecule has 0 unspecified atom stereocenters. The van der Waals surface area contributed by atoms with Gasteiger partial charge in [-0.1, -0.05) is 30.9 Å². The van der Waals surface area contributed by atoms with E-state index in [0.717, 1.165) is 47.5 Å². The summed E-state index contributed by atoms with van der Waals surface area (Å²) in [6.07, 6.45) is 15.3. The first-order valence-corrected chi connectivity index (χ1v) is 9.50. The van der Waals surface area contributed by atoms with Gasteiger partial charge in [0, 0.05) is 24.2 Å². The van der Waals surface area contributed by atoms with Gasteiger partial charge in [0.15, 0.2) is 5.82 Å². The third-order valence-corrected chi connectivity index (χ3v) is 5.00. The molecule has 0 bridgehead atoms. The quantitative estimate of drug-likeness (QED) is 0.483. The number of nitrogens with one attached hydrogen (secondary N) is 3. The van der Waals surface area contributed by atoms with Crippen LogP contribution in [0.15, 0.2) is 76.2 Å². The summed E-state index contributed by atoms with van der Waals surface area (Å²) in [6, 6.07) is 0.486. The monoisotopic (exact) mass is 381 g/mol. The van der Waals surface area contributed by atoms with E-state index in [1.54, 1.807) is 12.2 Å². The van der Waals surface area contributed by atoms with E-state index >= 15 is 0 Å². The van der Waals surface area contributed by atoms with Gasteiger partial charge >= 0.3 is 0 Å². The number of carbonyl (C=O) groups excluding carboxylic acids is 2. The smallest absolute Gasteiger partial charge is 0.290 e. The fourth-order valence-corrected chi connectivity index (χ4v) is 3.45. The summed E-state index contributed by atoms with van der Waals surface area (Å²) in [6.45, 7) is 4.18. The number of fused-ring (bicyclic) bond motifs is 1. The Morgan fingerprint density at radius 1 is 1.30 bits per heavy atom. The van der Waals surface area contributed by atoms with Crippen molar-refractivity contribution in [1.29, 1.82) is 0 Å². The molecule has 0 aromatic rings. The minimum Gasteiger partial charge on any atom is -0.368 e. The van der Waals surface area contributed by atoms with Gasteiger partial charge in [0.1, 0.15) is 5.82 Å². The molecule has 4 aliphatic rings. The Labute approximate surface area is 161 Å². The fourth-order valence-electron chi connectivity index (χ4n) is 2.76. The summed E-state index contributed by atoms with van der Waals surface area (Å²) in [4.78, 5) is 28.4. The number of nitrogens with zero attached hydrogens (tertiary/aromatic N) is 2. The van der Waals surface area contributed by atoms with E-state index in [-0.39, 0.29) is 11.1 Å². The highest BCUT2D eigenvalue weighted by atomic mass is 32.2. The molecule has 0 radical (unpaired) electrons. The average molecular weight is 381 g/mol. The van der Waals surface area contributed by atoms with Crippen LogP contribution >= 0.6 is 11.8 Å². The maximum atomic E-state index is 11.9. The zero-order chi connectivity index (χ0) is 18.8. The van der Waals surface area contributed by atoms with E-state index < -0.39 is 0 Å². The van der Waals surface area contributed by atoms with Gasteiger partial charge in [-0.15, -0.1) is 0 Å². The van der Waals surface area contributed by atoms with Gasteiger partial charge in [-0.25, -0.2) is 15.4 Å². The lowest BCUT2D eigenvalue weighted by Gasteiger charge is -2.27. The molecule has 4 rings (SSSR count). The molecule has 0 spiro atoms. The van der Waals surface area contributed by atoms with Crippen LogP contribution in [0.2, 0.25) is 0 Å². The molecular formula is C19H19N5O2S. The number of aliphatic imine (C=N–C) groups is 1. The second-order valence-corrected chi connectivity index (χ2v) is 7.35. The lowest BCUT2D eigenvalue weighted by molar-refractivity contribution is -0.115. The molecule has 3 aliphatic heterocycles. The SMILES string of the molecule is C=C/C=C\C=C\C1=NC2=C(/C=C3\SC(=O)NC3=O)CNN2C(NC2CC2)=C1. The van der Waals surface area contributed by atoms with Crippen LogP contribution in [0.3, 0.4) is 0 Å². The molecule has 8 heteroatoms. The van der Waals surface area contributed by atoms with Crippen LogP contribution in [-0.4, -0.2) is 34.5 Å². The highest BCUT2D eigenvalue weighted by Crippen LogP contribution is 2.31. The third-order valence-electron chi connectivity index (χ3n) is 4.19. The van der Waals surface area contributed by atoms with Gasteiger partial charge in [0.2, 0.25) is 0 Å². The van der Waals surface area contributed by atoms with Crippen molar-refractivity contribution in [1.82, 2.24) is 21.1 Å². The molecule has 27 heavy (non-hydrogen) atoms. The van der Waals surface area contributed by atoms with Crippen LogP contribution in [-0.2, 0) is 4.79 Å². The zero-order valence-corrected chi connectivity index (χ0v) is 15.4. The van der Waals surface area contributed by atoms with Crippen molar-refractivity contribution in [2.75, 3.05) is 6.54 Å². The summed E-state index contributed by atoms with van der Waals surface area (Å²) in [5.74, 6) is 1.30. The van der Waals surface area contributed by atoms with Gasteiger partial charge in [-0.05, 0) is 36.8 Å². The number of hydrazine groups is 1. The van der Waals surface area contributed by atoms with Crippen molar-refractivity contribution in [3.05, 3.63) is 71.2 Å². The molecule has 1 saturated heterocycles. The first kappa shape index (κ1) is 17.6. The van der Waals surface area contributed by atoms with Crippen LogP contribution in [0.25, 0.3) is 0 Å². The highest BCUT2D eigenvalue weighted by Gasteiger charge is 2.32. The molecule has 138 valence electrons. The van der Waals surface area contributed by atoms with Crippen molar-refractivity contribution in [2.24, 2.45) is 4.99 Å². The molecule has 2 amide bonds. The third kappa shape index (κ3) is 3.96. The molecule has 1 aliphatic carbocycles. The lowest BCUT2D eigenvalue weighted by atomic mass is 10.2. The number of imide groups is 1. The predicted octanol–water partition coefficient (Wildman–Crippen LogP) is 2.23. The van der Waals surface area contributed by atoms with Gasteiger partial charge in [-0.3, -0.25) is 14.9 Å². The molecule has 1 saturated carbocycles. The van der Waals surface area contributed by atoms with Crippen molar-refractivity contribution < 1.29 is 9.59 Å². The number of rotatable bonds is 6. The number of amides is 2. The maximum absolute atomic E-state index is 11.9. The Morgan fingerprint density at radius 2 is 2.15 bits per heavy atom. The number of hydrogen-bond donors (Lipinski definition) is 3. The van der Waals surface area contributed by atoms with E-state index in [4.69, 9.17) is 4.99 Å². The average Bonchev–Trinajstić information content (AvgIpc) is 3.28. The first-order chi connectivity index (χ1) is 13.1. The second-order valence-electron chi connectivity index (χ2n) is 6.34. The van der Waals surface area contributed by atoms with E-state index in [2.05, 4.69) is 22.6 Å². The van der Waals surface area contributed by atoms with Gasteiger partial charge in [0.25, 0.3) is 11.1 Å². The first-order valence-electron chi connectivity index (χ1n) is 8.68. The largest absolute Gasteiger partial charge is 0.368 e. The minimum absolute atomic E-state index is 0.347. The number of hydrogen-bond acceptors (Lipinski definition) is 7. The fraction of sp³-hybridized carbons (Fsp3) is 0.211. The Morgan fingerprint density at radius 3 is 2.85 bits per heavy atom. The Hall–Kier alpha value is -2.84. The zero-order valence-electron chi connectivity index (χ0n) is 14.6. The molecule has 3 N–H and O–H groups in total. The summed E-state index contributed by atoms with van der Waals surface area (Å²) in [5, 5.41) is 7.34. The molecule has 0 aromatic heterocycles. The van der Waals surface area contributed by atoms with Crippen LogP contribution < -0.4 is 16.1 Å². The van der Waals surface area contributed by atoms with Gasteiger partial charge in [-0.2, -0.15) is 0 Å². The number of carbonyl (C=O) groups is 2. The molecule has 2 fully saturated rings. The van der Waals surface area contributed by atoms with Crippen LogP contribution in [0, 0.1) is 0 Å². The van der Waals surface area contributed by atoms with Crippen molar-refractivity contribution in [3.8, 4) is 0 Å². The highest BCUT2D eigenvalue weighted by molar-refractivity contribution is 8.18. The number of thioether (sulfide) groups is 1. The van der Waals surface area contributed by atoms with Crippen molar-refractivity contribution in [2.45, 2.75) is 18.9 Å². The van der Waals surface area contributed by atoms with E-state index in [9.17, 15) is 9.59 Å². The van der Waals surface area contributed by atoms with Crippen LogP contribution in [0.1, 0.15) is 12.8 Å². The normalized spacial score (nSPS) is 24.0. The summed E-state index contributed by atoms with van der Waals surface area (Å²) >= 11 is 0.911. The summed E-state index contributed by atoms with van der Waals surface area (Å²) in [5.41, 5.74) is 4.95. The molecule has 0 atom stereocenters. The number of allylic oxidation sites excluding steroid dienone is 6. The second kappa shape index (κ2) is 7.42. The van der Waals surface area contributed by atoms with E-state index in [0.29, 0.717) is 17.5 Å². The standard InChI is InChI=1S/C19H19N5O2S/c1-2-3-4-5-6-14-10-16(21-13-7-8-13)24-17(22-14)12(11-20-24)9-15-18(25)23-19(26)27-15/h2-6,9-10,13,20-21H,1,7-8,11H2,(H,23,25,26)/b4-3-,6-5+,15-9-. The summed E-state index contributed by atoms with van der Waals surface area (Å²) < 4.78 is 0.